The summed E-state index contributed by atoms with van der Waals surface area (Å²) >= 11 is 0. The number of amides is 2. The van der Waals surface area contributed by atoms with Gasteiger partial charge in [-0.2, -0.15) is 5.26 Å². The summed E-state index contributed by atoms with van der Waals surface area (Å²) in [5.74, 6) is -0.223. The number of nitriles is 1. The number of nitrogens with one attached hydrogen (secondary N) is 2. The van der Waals surface area contributed by atoms with Gasteiger partial charge in [-0.25, -0.2) is 0 Å². The summed E-state index contributed by atoms with van der Waals surface area (Å²) in [5.41, 5.74) is 0. The monoisotopic (exact) mass is 195 g/mol. The van der Waals surface area contributed by atoms with Gasteiger partial charge in [0, 0.05) is 6.54 Å². The molecule has 0 aliphatic heterocycles. The van der Waals surface area contributed by atoms with Crippen LogP contribution in [0.15, 0.2) is 0 Å². The van der Waals surface area contributed by atoms with Gasteiger partial charge >= 0.3 is 11.8 Å². The molecule has 1 rings (SSSR count). The van der Waals surface area contributed by atoms with Crippen LogP contribution in [0.1, 0.15) is 13.3 Å². The second kappa shape index (κ2) is 4.61. The van der Waals surface area contributed by atoms with E-state index in [1.165, 1.54) is 0 Å². The Morgan fingerprint density at radius 2 is 2.00 bits per heavy atom. The fraction of sp³-hybridized carbons (Fsp3) is 0.667. The number of hydrogen-bond donors (Lipinski definition) is 2. The average Bonchev–Trinajstić information content (AvgIpc) is 2.87. The van der Waals surface area contributed by atoms with Gasteiger partial charge in [-0.3, -0.25) is 9.59 Å². The highest BCUT2D eigenvalue weighted by Gasteiger charge is 2.32. The van der Waals surface area contributed by atoms with Crippen molar-refractivity contribution in [1.82, 2.24) is 10.6 Å². The molecule has 2 amide bonds. The Balaban J connectivity index is 2.14. The topological polar surface area (TPSA) is 82.0 Å². The lowest BCUT2D eigenvalue weighted by Gasteiger charge is -2.02. The molecule has 0 heterocycles. The van der Waals surface area contributed by atoms with Crippen molar-refractivity contribution >= 4 is 11.8 Å². The standard InChI is InChI=1S/C9H13N3O2/c1-6-4-7(6)5-12-9(14)8(13)11-3-2-10/h6-7H,3-5H2,1H3,(H,11,13)(H,12,14). The molecule has 0 radical (unpaired) electrons. The zero-order chi connectivity index (χ0) is 10.6. The average molecular weight is 195 g/mol. The predicted octanol–water partition coefficient (Wildman–Crippen LogP) is -0.602. The minimum absolute atomic E-state index is 0.133. The maximum atomic E-state index is 11.1. The largest absolute Gasteiger partial charge is 0.348 e. The third kappa shape index (κ3) is 3.05. The van der Waals surface area contributed by atoms with Crippen molar-refractivity contribution < 1.29 is 9.59 Å². The first-order valence-corrected chi connectivity index (χ1v) is 4.58. The van der Waals surface area contributed by atoms with Crippen molar-refractivity contribution in [2.75, 3.05) is 13.1 Å². The Morgan fingerprint density at radius 3 is 2.50 bits per heavy atom. The second-order valence-electron chi connectivity index (χ2n) is 3.52. The van der Waals surface area contributed by atoms with Crippen molar-refractivity contribution in [2.45, 2.75) is 13.3 Å². The van der Waals surface area contributed by atoms with E-state index in [9.17, 15) is 9.59 Å². The number of hydrogen-bond acceptors (Lipinski definition) is 3. The van der Waals surface area contributed by atoms with Crippen LogP contribution in [0.25, 0.3) is 0 Å². The van der Waals surface area contributed by atoms with E-state index in [0.717, 1.165) is 6.42 Å². The molecule has 0 aromatic rings. The van der Waals surface area contributed by atoms with Crippen LogP contribution >= 0.6 is 0 Å². The van der Waals surface area contributed by atoms with Crippen LogP contribution in [0.4, 0.5) is 0 Å². The Hall–Kier alpha value is -1.57. The van der Waals surface area contributed by atoms with Crippen LogP contribution in [0.2, 0.25) is 0 Å². The van der Waals surface area contributed by atoms with E-state index in [-0.39, 0.29) is 6.54 Å². The Morgan fingerprint density at radius 1 is 1.43 bits per heavy atom. The molecule has 2 unspecified atom stereocenters. The predicted molar refractivity (Wildman–Crippen MR) is 48.9 cm³/mol. The lowest BCUT2D eigenvalue weighted by Crippen LogP contribution is -2.40. The molecule has 5 nitrogen and oxygen atoms in total. The Bertz CT molecular complexity index is 282. The van der Waals surface area contributed by atoms with Gasteiger partial charge in [-0.05, 0) is 18.3 Å². The molecule has 5 heteroatoms. The molecule has 1 aliphatic rings. The van der Waals surface area contributed by atoms with Gasteiger partial charge in [0.15, 0.2) is 0 Å². The van der Waals surface area contributed by atoms with Gasteiger partial charge in [0.1, 0.15) is 6.54 Å². The normalized spacial score (nSPS) is 23.4. The van der Waals surface area contributed by atoms with E-state index in [1.54, 1.807) is 6.07 Å². The first kappa shape index (κ1) is 10.5. The molecular formula is C9H13N3O2. The molecule has 0 saturated heterocycles. The molecular weight excluding hydrogens is 182 g/mol. The van der Waals surface area contributed by atoms with Crippen LogP contribution in [-0.2, 0) is 9.59 Å². The lowest BCUT2D eigenvalue weighted by atomic mass is 10.3. The van der Waals surface area contributed by atoms with Gasteiger partial charge in [0.25, 0.3) is 0 Å². The SMILES string of the molecule is CC1CC1CNC(=O)C(=O)NCC#N. The van der Waals surface area contributed by atoms with Gasteiger partial charge < -0.3 is 10.6 Å². The number of carbonyl (C=O) groups is 2. The minimum Gasteiger partial charge on any atom is -0.348 e. The Labute approximate surface area is 82.5 Å². The van der Waals surface area contributed by atoms with Crippen molar-refractivity contribution in [3.63, 3.8) is 0 Å². The van der Waals surface area contributed by atoms with Gasteiger partial charge in [-0.1, -0.05) is 6.92 Å². The molecule has 0 bridgehead atoms. The third-order valence-electron chi connectivity index (χ3n) is 2.34. The summed E-state index contributed by atoms with van der Waals surface area (Å²) in [6.45, 7) is 2.53. The molecule has 0 aromatic heterocycles. The summed E-state index contributed by atoms with van der Waals surface area (Å²) < 4.78 is 0. The van der Waals surface area contributed by atoms with Crippen molar-refractivity contribution in [2.24, 2.45) is 11.8 Å². The smallest absolute Gasteiger partial charge is 0.310 e. The van der Waals surface area contributed by atoms with E-state index in [1.807, 2.05) is 0 Å². The van der Waals surface area contributed by atoms with E-state index < -0.39 is 11.8 Å². The fourth-order valence-corrected chi connectivity index (χ4v) is 1.19. The number of rotatable bonds is 3. The first-order chi connectivity index (χ1) is 6.65. The Kier molecular flexibility index (Phi) is 3.46. The zero-order valence-corrected chi connectivity index (χ0v) is 8.04. The fourth-order valence-electron chi connectivity index (χ4n) is 1.19. The molecule has 0 spiro atoms. The molecule has 14 heavy (non-hydrogen) atoms. The van der Waals surface area contributed by atoms with Crippen LogP contribution in [-0.4, -0.2) is 24.9 Å². The molecule has 1 aliphatic carbocycles. The maximum absolute atomic E-state index is 11.1. The van der Waals surface area contributed by atoms with E-state index in [0.29, 0.717) is 18.4 Å². The maximum Gasteiger partial charge on any atom is 0.310 e. The second-order valence-corrected chi connectivity index (χ2v) is 3.52. The highest BCUT2D eigenvalue weighted by Crippen LogP contribution is 2.36. The highest BCUT2D eigenvalue weighted by atomic mass is 16.2. The minimum atomic E-state index is -0.736. The van der Waals surface area contributed by atoms with Crippen LogP contribution in [0.3, 0.4) is 0 Å². The third-order valence-corrected chi connectivity index (χ3v) is 2.34. The van der Waals surface area contributed by atoms with Gasteiger partial charge in [0.2, 0.25) is 0 Å². The first-order valence-electron chi connectivity index (χ1n) is 4.58. The lowest BCUT2D eigenvalue weighted by molar-refractivity contribution is -0.139. The summed E-state index contributed by atoms with van der Waals surface area (Å²) in [5, 5.41) is 12.9. The summed E-state index contributed by atoms with van der Waals surface area (Å²) in [6, 6.07) is 1.73. The summed E-state index contributed by atoms with van der Waals surface area (Å²) in [7, 11) is 0. The highest BCUT2D eigenvalue weighted by molar-refractivity contribution is 6.35. The molecule has 1 saturated carbocycles. The summed E-state index contributed by atoms with van der Waals surface area (Å²) in [6.07, 6.45) is 1.11. The molecule has 2 N–H and O–H groups in total. The van der Waals surface area contributed by atoms with Crippen molar-refractivity contribution in [3.05, 3.63) is 0 Å². The van der Waals surface area contributed by atoms with Crippen molar-refractivity contribution in [1.29, 1.82) is 5.26 Å². The molecule has 0 aromatic carbocycles. The number of nitrogens with zero attached hydrogens (tertiary/aromatic N) is 1. The summed E-state index contributed by atoms with van der Waals surface area (Å²) in [4.78, 5) is 22.0. The molecule has 76 valence electrons. The van der Waals surface area contributed by atoms with E-state index in [2.05, 4.69) is 17.6 Å². The van der Waals surface area contributed by atoms with Crippen LogP contribution < -0.4 is 10.6 Å². The van der Waals surface area contributed by atoms with Gasteiger partial charge in [-0.15, -0.1) is 0 Å². The quantitative estimate of drug-likeness (QED) is 0.466. The van der Waals surface area contributed by atoms with Crippen LogP contribution in [0, 0.1) is 23.2 Å². The van der Waals surface area contributed by atoms with E-state index >= 15 is 0 Å². The molecule has 1 fully saturated rings. The molecule has 2 atom stereocenters. The number of carbonyl (C=O) groups excluding carboxylic acids is 2. The van der Waals surface area contributed by atoms with E-state index in [4.69, 9.17) is 5.26 Å². The van der Waals surface area contributed by atoms with Crippen molar-refractivity contribution in [3.8, 4) is 6.07 Å². The zero-order valence-electron chi connectivity index (χ0n) is 8.04. The van der Waals surface area contributed by atoms with Gasteiger partial charge in [0.05, 0.1) is 6.07 Å². The van der Waals surface area contributed by atoms with Crippen LogP contribution in [0.5, 0.6) is 0 Å².